The lowest BCUT2D eigenvalue weighted by molar-refractivity contribution is 0.0606. The smallest absolute Gasteiger partial charge is 0.351 e. The Morgan fingerprint density at radius 3 is 2.75 bits per heavy atom. The number of hydrogen-bond acceptors (Lipinski definition) is 5. The summed E-state index contributed by atoms with van der Waals surface area (Å²) in [5.74, 6) is -0.429. The summed E-state index contributed by atoms with van der Waals surface area (Å²) in [7, 11) is 1.34. The van der Waals surface area contributed by atoms with Gasteiger partial charge in [0, 0.05) is 13.1 Å². The highest BCUT2D eigenvalue weighted by molar-refractivity contribution is 7.18. The van der Waals surface area contributed by atoms with Crippen LogP contribution >= 0.6 is 22.9 Å². The molecule has 90 valence electrons. The number of esters is 1. The lowest BCUT2D eigenvalue weighted by Crippen LogP contribution is -2.23. The third-order valence-corrected chi connectivity index (χ3v) is 3.57. The molecule has 0 spiro atoms. The van der Waals surface area contributed by atoms with Crippen LogP contribution in [0, 0.1) is 0 Å². The summed E-state index contributed by atoms with van der Waals surface area (Å²) in [6, 6.07) is 0. The van der Waals surface area contributed by atoms with E-state index in [0.717, 1.165) is 24.6 Å². The second-order valence-corrected chi connectivity index (χ2v) is 4.52. The molecule has 0 saturated heterocycles. The molecule has 1 rings (SSSR count). The van der Waals surface area contributed by atoms with Crippen molar-refractivity contribution in [1.82, 2.24) is 4.98 Å². The summed E-state index contributed by atoms with van der Waals surface area (Å²) in [6.45, 7) is 5.89. The molecule has 1 heterocycles. The maximum Gasteiger partial charge on any atom is 0.351 e. The highest BCUT2D eigenvalue weighted by Crippen LogP contribution is 2.30. The van der Waals surface area contributed by atoms with Gasteiger partial charge < -0.3 is 9.64 Å². The van der Waals surface area contributed by atoms with Crippen LogP contribution in [0.25, 0.3) is 0 Å². The first-order valence-electron chi connectivity index (χ1n) is 5.13. The van der Waals surface area contributed by atoms with E-state index in [0.29, 0.717) is 4.88 Å². The molecule has 0 aliphatic heterocycles. The molecule has 1 aromatic heterocycles. The van der Waals surface area contributed by atoms with Crippen molar-refractivity contribution in [2.24, 2.45) is 0 Å². The highest BCUT2D eigenvalue weighted by atomic mass is 35.5. The number of anilines is 1. The van der Waals surface area contributed by atoms with E-state index in [4.69, 9.17) is 11.6 Å². The molecule has 0 atom stereocenters. The first-order valence-corrected chi connectivity index (χ1v) is 6.33. The molecular weight excluding hydrogens is 248 g/mol. The van der Waals surface area contributed by atoms with Crippen LogP contribution in [0.5, 0.6) is 0 Å². The molecule has 6 heteroatoms. The fraction of sp³-hybridized carbons (Fsp3) is 0.600. The molecule has 0 fully saturated rings. The number of nitrogens with zero attached hydrogens (tertiary/aromatic N) is 2. The summed E-state index contributed by atoms with van der Waals surface area (Å²) < 4.78 is 4.63. The number of carbonyl (C=O) groups excluding carboxylic acids is 1. The molecule has 16 heavy (non-hydrogen) atoms. The van der Waals surface area contributed by atoms with Crippen molar-refractivity contribution in [3.8, 4) is 0 Å². The van der Waals surface area contributed by atoms with Crippen molar-refractivity contribution in [2.75, 3.05) is 25.1 Å². The largest absolute Gasteiger partial charge is 0.465 e. The van der Waals surface area contributed by atoms with Gasteiger partial charge in [0.2, 0.25) is 0 Å². The Kier molecular flexibility index (Phi) is 5.02. The van der Waals surface area contributed by atoms with E-state index in [1.54, 1.807) is 0 Å². The Labute approximate surface area is 104 Å². The molecule has 0 unspecified atom stereocenters. The van der Waals surface area contributed by atoms with E-state index in [-0.39, 0.29) is 5.15 Å². The summed E-state index contributed by atoms with van der Waals surface area (Å²) in [6.07, 6.45) is 1.03. The van der Waals surface area contributed by atoms with Gasteiger partial charge in [0.25, 0.3) is 0 Å². The SMILES string of the molecule is CCCN(CC)c1nc(Cl)c(C(=O)OC)s1. The van der Waals surface area contributed by atoms with Crippen molar-refractivity contribution in [2.45, 2.75) is 20.3 Å². The monoisotopic (exact) mass is 262 g/mol. The molecule has 0 N–H and O–H groups in total. The fourth-order valence-corrected chi connectivity index (χ4v) is 2.59. The quantitative estimate of drug-likeness (QED) is 0.766. The topological polar surface area (TPSA) is 42.4 Å². The third-order valence-electron chi connectivity index (χ3n) is 2.09. The predicted octanol–water partition coefficient (Wildman–Crippen LogP) is 2.82. The highest BCUT2D eigenvalue weighted by Gasteiger charge is 2.19. The lowest BCUT2D eigenvalue weighted by Gasteiger charge is -2.18. The Morgan fingerprint density at radius 1 is 1.56 bits per heavy atom. The maximum absolute atomic E-state index is 11.4. The van der Waals surface area contributed by atoms with Crippen molar-refractivity contribution in [1.29, 1.82) is 0 Å². The van der Waals surface area contributed by atoms with Crippen LogP contribution in [0.4, 0.5) is 5.13 Å². The van der Waals surface area contributed by atoms with Gasteiger partial charge in [0.1, 0.15) is 0 Å². The third kappa shape index (κ3) is 2.86. The minimum Gasteiger partial charge on any atom is -0.465 e. The van der Waals surface area contributed by atoms with Crippen LogP contribution in [0.2, 0.25) is 5.15 Å². The van der Waals surface area contributed by atoms with Crippen molar-refractivity contribution in [3.05, 3.63) is 10.0 Å². The minimum absolute atomic E-state index is 0.224. The van der Waals surface area contributed by atoms with Gasteiger partial charge >= 0.3 is 5.97 Å². The van der Waals surface area contributed by atoms with Crippen molar-refractivity contribution >= 4 is 34.0 Å². The molecule has 0 aliphatic rings. The normalized spacial score (nSPS) is 10.2. The van der Waals surface area contributed by atoms with Crippen LogP contribution in [0.15, 0.2) is 0 Å². The number of rotatable bonds is 5. The molecule has 4 nitrogen and oxygen atoms in total. The van der Waals surface area contributed by atoms with E-state index in [1.165, 1.54) is 18.4 Å². The van der Waals surface area contributed by atoms with Gasteiger partial charge in [-0.3, -0.25) is 0 Å². The molecular formula is C10H15ClN2O2S. The Morgan fingerprint density at radius 2 is 2.25 bits per heavy atom. The van der Waals surface area contributed by atoms with Crippen molar-refractivity contribution < 1.29 is 9.53 Å². The predicted molar refractivity (Wildman–Crippen MR) is 66.6 cm³/mol. The molecule has 0 aromatic carbocycles. The van der Waals surface area contributed by atoms with E-state index in [1.807, 2.05) is 6.92 Å². The van der Waals surface area contributed by atoms with Gasteiger partial charge in [-0.2, -0.15) is 0 Å². The number of ether oxygens (including phenoxy) is 1. The second kappa shape index (κ2) is 6.06. The van der Waals surface area contributed by atoms with E-state index in [9.17, 15) is 4.79 Å². The van der Waals surface area contributed by atoms with E-state index >= 15 is 0 Å². The summed E-state index contributed by atoms with van der Waals surface area (Å²) >= 11 is 7.16. The zero-order chi connectivity index (χ0) is 12.1. The molecule has 0 radical (unpaired) electrons. The minimum atomic E-state index is -0.429. The van der Waals surface area contributed by atoms with Gasteiger partial charge in [-0.05, 0) is 13.3 Å². The second-order valence-electron chi connectivity index (χ2n) is 3.19. The average molecular weight is 263 g/mol. The first kappa shape index (κ1) is 13.3. The number of hydrogen-bond donors (Lipinski definition) is 0. The van der Waals surface area contributed by atoms with Gasteiger partial charge in [-0.25, -0.2) is 9.78 Å². The number of aromatic nitrogens is 1. The van der Waals surface area contributed by atoms with Crippen LogP contribution < -0.4 is 4.90 Å². The lowest BCUT2D eigenvalue weighted by atomic mass is 10.4. The van der Waals surface area contributed by atoms with Crippen LogP contribution in [0.3, 0.4) is 0 Å². The van der Waals surface area contributed by atoms with Gasteiger partial charge in [0.15, 0.2) is 15.2 Å². The van der Waals surface area contributed by atoms with Crippen LogP contribution in [-0.2, 0) is 4.74 Å². The zero-order valence-corrected chi connectivity index (χ0v) is 11.2. The molecule has 0 aliphatic carbocycles. The summed E-state index contributed by atoms with van der Waals surface area (Å²) in [4.78, 5) is 18.0. The summed E-state index contributed by atoms with van der Waals surface area (Å²) in [5, 5.41) is 0.996. The average Bonchev–Trinajstić information content (AvgIpc) is 2.67. The van der Waals surface area contributed by atoms with E-state index in [2.05, 4.69) is 21.5 Å². The first-order chi connectivity index (χ1) is 7.63. The Balaban J connectivity index is 2.94. The Bertz CT molecular complexity index is 368. The number of carbonyl (C=O) groups is 1. The molecule has 0 amide bonds. The van der Waals surface area contributed by atoms with Gasteiger partial charge in [0.05, 0.1) is 7.11 Å². The standard InChI is InChI=1S/C10H15ClN2O2S/c1-4-6-13(5-2)10-12-8(11)7(16-10)9(14)15-3/h4-6H2,1-3H3. The zero-order valence-electron chi connectivity index (χ0n) is 9.62. The van der Waals surface area contributed by atoms with Crippen LogP contribution in [-0.4, -0.2) is 31.2 Å². The Hall–Kier alpha value is -0.810. The van der Waals surface area contributed by atoms with Crippen LogP contribution in [0.1, 0.15) is 29.9 Å². The number of thiazole rings is 1. The van der Waals surface area contributed by atoms with Crippen molar-refractivity contribution in [3.63, 3.8) is 0 Å². The van der Waals surface area contributed by atoms with Gasteiger partial charge in [-0.15, -0.1) is 0 Å². The molecule has 1 aromatic rings. The number of methoxy groups -OCH3 is 1. The fourth-order valence-electron chi connectivity index (χ4n) is 1.30. The summed E-state index contributed by atoms with van der Waals surface area (Å²) in [5.41, 5.74) is 0. The van der Waals surface area contributed by atoms with E-state index < -0.39 is 5.97 Å². The number of halogens is 1. The maximum atomic E-state index is 11.4. The molecule has 0 bridgehead atoms. The molecule has 0 saturated carbocycles. The van der Waals surface area contributed by atoms with Gasteiger partial charge in [-0.1, -0.05) is 29.9 Å².